The molecule has 18 atom stereocenters. The minimum Gasteiger partial charge on any atom is -0.393 e. The highest BCUT2D eigenvalue weighted by Crippen LogP contribution is 2.75. The van der Waals surface area contributed by atoms with Crippen LogP contribution in [0.1, 0.15) is 144 Å². The van der Waals surface area contributed by atoms with Crippen molar-refractivity contribution >= 4 is 11.6 Å². The summed E-state index contributed by atoms with van der Waals surface area (Å²) in [6.07, 6.45) is 18.2. The number of hydrogen-bond donors (Lipinski definition) is 2. The average Bonchev–Trinajstić information content (AvgIpc) is 3.81. The van der Waals surface area contributed by atoms with Crippen LogP contribution in [0.5, 0.6) is 0 Å². The molecule has 268 valence electrons. The summed E-state index contributed by atoms with van der Waals surface area (Å²) >= 11 is 0. The Morgan fingerprint density at radius 3 is 1.31 bits per heavy atom. The number of Topliss-reactive ketones (excluding diaryl/α,β-unsaturated/α-hetero) is 2. The van der Waals surface area contributed by atoms with Crippen molar-refractivity contribution in [2.75, 3.05) is 0 Å². The lowest BCUT2D eigenvalue weighted by Crippen LogP contribution is -2.58. The number of rotatable bonds is 2. The van der Waals surface area contributed by atoms with Crippen LogP contribution in [0.2, 0.25) is 0 Å². The van der Waals surface area contributed by atoms with E-state index >= 15 is 0 Å². The molecule has 2 N–H and O–H groups in total. The molecule has 0 aromatic rings. The minimum absolute atomic E-state index is 0.0157. The van der Waals surface area contributed by atoms with Crippen LogP contribution in [0.4, 0.5) is 0 Å². The van der Waals surface area contributed by atoms with Crippen molar-refractivity contribution in [1.82, 2.24) is 0 Å². The first kappa shape index (κ1) is 33.0. The molecule has 0 radical (unpaired) electrons. The fourth-order valence-corrected chi connectivity index (χ4v) is 16.7. The molecule has 0 aromatic heterocycles. The number of carbonyl (C=O) groups excluding carboxylic acids is 2. The molecule has 2 heterocycles. The molecule has 8 saturated carbocycles. The first-order valence-corrected chi connectivity index (χ1v) is 20.4. The Morgan fingerprint density at radius 1 is 0.542 bits per heavy atom. The summed E-state index contributed by atoms with van der Waals surface area (Å²) in [4.78, 5) is 24.4. The summed E-state index contributed by atoms with van der Waals surface area (Å²) < 4.78 is 12.7. The van der Waals surface area contributed by atoms with Gasteiger partial charge in [0.25, 0.3) is 0 Å². The Kier molecular flexibility index (Phi) is 7.16. The number of epoxide rings is 2. The van der Waals surface area contributed by atoms with Gasteiger partial charge in [-0.1, -0.05) is 27.7 Å². The molecule has 2 aliphatic heterocycles. The van der Waals surface area contributed by atoms with Crippen LogP contribution in [-0.4, -0.2) is 57.4 Å². The fourth-order valence-electron chi connectivity index (χ4n) is 16.7. The molecule has 8 unspecified atom stereocenters. The van der Waals surface area contributed by atoms with E-state index in [0.29, 0.717) is 35.6 Å². The first-order chi connectivity index (χ1) is 22.6. The number of fused-ring (bicyclic) bond motifs is 8. The summed E-state index contributed by atoms with van der Waals surface area (Å²) in [6.45, 7) is 13.4. The lowest BCUT2D eigenvalue weighted by atomic mass is 9.44. The number of hydrogen-bond acceptors (Lipinski definition) is 6. The number of carbonyl (C=O) groups is 2. The van der Waals surface area contributed by atoms with Crippen molar-refractivity contribution in [2.24, 2.45) is 69.0 Å². The zero-order chi connectivity index (χ0) is 33.8. The third kappa shape index (κ3) is 4.07. The predicted molar refractivity (Wildman–Crippen MR) is 183 cm³/mol. The van der Waals surface area contributed by atoms with Crippen molar-refractivity contribution in [3.8, 4) is 0 Å². The summed E-state index contributed by atoms with van der Waals surface area (Å²) in [6, 6.07) is 0. The van der Waals surface area contributed by atoms with Gasteiger partial charge in [0.1, 0.15) is 22.8 Å². The monoisotopic (exact) mass is 664 g/mol. The highest BCUT2D eigenvalue weighted by molar-refractivity contribution is 5.80. The van der Waals surface area contributed by atoms with Gasteiger partial charge in [0.05, 0.1) is 24.4 Å². The molecule has 10 aliphatic rings. The Balaban J connectivity index is 0.000000131. The van der Waals surface area contributed by atoms with Crippen molar-refractivity contribution < 1.29 is 29.3 Å². The van der Waals surface area contributed by atoms with E-state index < -0.39 is 0 Å². The Labute approximate surface area is 289 Å². The van der Waals surface area contributed by atoms with Gasteiger partial charge in [0, 0.05) is 35.5 Å². The van der Waals surface area contributed by atoms with E-state index in [1.165, 1.54) is 51.4 Å². The first-order valence-electron chi connectivity index (χ1n) is 20.4. The highest BCUT2D eigenvalue weighted by atomic mass is 16.6. The fraction of sp³-hybridized carbons (Fsp3) is 0.952. The van der Waals surface area contributed by atoms with Crippen LogP contribution in [0.3, 0.4) is 0 Å². The summed E-state index contributed by atoms with van der Waals surface area (Å²) in [5, 5.41) is 20.4. The van der Waals surface area contributed by atoms with Gasteiger partial charge in [0.2, 0.25) is 0 Å². The topological polar surface area (TPSA) is 99.7 Å². The van der Waals surface area contributed by atoms with E-state index in [9.17, 15) is 19.8 Å². The van der Waals surface area contributed by atoms with E-state index in [4.69, 9.17) is 9.47 Å². The van der Waals surface area contributed by atoms with Crippen LogP contribution in [-0.2, 0) is 19.1 Å². The highest BCUT2D eigenvalue weighted by Gasteiger charge is 2.77. The van der Waals surface area contributed by atoms with Crippen LogP contribution >= 0.6 is 0 Å². The Hall–Kier alpha value is -0.820. The maximum atomic E-state index is 12.2. The lowest BCUT2D eigenvalue weighted by Gasteiger charge is -2.59. The number of ketones is 2. The molecule has 2 saturated heterocycles. The van der Waals surface area contributed by atoms with Crippen molar-refractivity contribution in [1.29, 1.82) is 0 Å². The normalized spacial score (nSPS) is 61.3. The van der Waals surface area contributed by atoms with Gasteiger partial charge in [-0.05, 0) is 150 Å². The second-order valence-electron chi connectivity index (χ2n) is 20.4. The average molecular weight is 665 g/mol. The van der Waals surface area contributed by atoms with Gasteiger partial charge >= 0.3 is 0 Å². The van der Waals surface area contributed by atoms with Gasteiger partial charge in [-0.3, -0.25) is 9.59 Å². The molecule has 6 heteroatoms. The zero-order valence-electron chi connectivity index (χ0n) is 30.8. The van der Waals surface area contributed by atoms with Gasteiger partial charge in [-0.2, -0.15) is 0 Å². The quantitative estimate of drug-likeness (QED) is 0.298. The standard InChI is InChI=1S/2C21H32O3/c2*1-12(22)15-4-5-16-14-10-18-21(24-18)11-13(23)6-9-20(21,3)17(14)7-8-19(15,16)2/h2*13-18,23H,4-11H2,1-3H3/t13-,14?,15?,16?,17?,18+,19+,20+,21+;13-,14?,15?,16?,17?,18-,19+,20+,21-/m00/s1. The zero-order valence-corrected chi connectivity index (χ0v) is 30.8. The van der Waals surface area contributed by atoms with Crippen LogP contribution in [0.25, 0.3) is 0 Å². The maximum Gasteiger partial charge on any atom is 0.133 e. The molecule has 10 fully saturated rings. The molecule has 0 amide bonds. The van der Waals surface area contributed by atoms with E-state index in [0.717, 1.165) is 75.0 Å². The van der Waals surface area contributed by atoms with Crippen molar-refractivity contribution in [3.05, 3.63) is 0 Å². The molecular formula is C42H64O6. The summed E-state index contributed by atoms with van der Waals surface area (Å²) in [5.41, 5.74) is 0.917. The third-order valence-corrected chi connectivity index (χ3v) is 19.1. The van der Waals surface area contributed by atoms with Crippen molar-refractivity contribution in [3.63, 3.8) is 0 Å². The van der Waals surface area contributed by atoms with Crippen molar-refractivity contribution in [2.45, 2.75) is 180 Å². The van der Waals surface area contributed by atoms with Gasteiger partial charge in [-0.25, -0.2) is 0 Å². The maximum absolute atomic E-state index is 12.2. The molecule has 48 heavy (non-hydrogen) atoms. The second kappa shape index (κ2) is 10.4. The number of aliphatic hydroxyl groups excluding tert-OH is 2. The number of aliphatic hydroxyl groups is 2. The largest absolute Gasteiger partial charge is 0.393 e. The molecule has 10 rings (SSSR count). The lowest BCUT2D eigenvalue weighted by molar-refractivity contribution is -0.134. The van der Waals surface area contributed by atoms with Crippen LogP contribution in [0, 0.1) is 69.0 Å². The molecule has 8 aliphatic carbocycles. The van der Waals surface area contributed by atoms with Gasteiger partial charge < -0.3 is 19.7 Å². The summed E-state index contributed by atoms with van der Waals surface area (Å²) in [5.74, 6) is 5.74. The predicted octanol–water partition coefficient (Wildman–Crippen LogP) is 7.45. The molecule has 0 aromatic carbocycles. The van der Waals surface area contributed by atoms with Crippen LogP contribution < -0.4 is 0 Å². The third-order valence-electron chi connectivity index (χ3n) is 19.1. The molecule has 0 bridgehead atoms. The van der Waals surface area contributed by atoms with Crippen LogP contribution in [0.15, 0.2) is 0 Å². The van der Waals surface area contributed by atoms with Gasteiger partial charge in [-0.15, -0.1) is 0 Å². The summed E-state index contributed by atoms with van der Waals surface area (Å²) in [7, 11) is 0. The van der Waals surface area contributed by atoms with Gasteiger partial charge in [0.15, 0.2) is 0 Å². The molecule has 2 spiro atoms. The molecular weight excluding hydrogens is 600 g/mol. The number of ether oxygens (including phenoxy) is 2. The Morgan fingerprint density at radius 2 is 0.938 bits per heavy atom. The van der Waals surface area contributed by atoms with E-state index in [1.807, 2.05) is 13.8 Å². The van der Waals surface area contributed by atoms with E-state index in [1.54, 1.807) is 0 Å². The van der Waals surface area contributed by atoms with E-state index in [-0.39, 0.29) is 56.9 Å². The van der Waals surface area contributed by atoms with E-state index in [2.05, 4.69) is 27.7 Å². The SMILES string of the molecule is CC(=O)C1CCC2C3C[C@@H]4O[C@@]45C[C@@H](O)CC[C@]5(C)C3CC[C@]12C.CC(=O)C1CCC2C3C[C@H]4O[C@]45C[C@@H](O)CC[C@]5(C)C3CC[C@]12C. The second-order valence-corrected chi connectivity index (χ2v) is 20.4. The smallest absolute Gasteiger partial charge is 0.133 e. The molecule has 6 nitrogen and oxygen atoms in total. The Bertz CT molecular complexity index is 1280. The minimum atomic E-state index is -0.165.